The first-order valence-electron chi connectivity index (χ1n) is 2.69. The number of hydrogen-bond acceptors (Lipinski definition) is 3. The van der Waals surface area contributed by atoms with Gasteiger partial charge in [0.15, 0.2) is 6.10 Å². The number of cyclic esters (lactones) is 1. The predicted octanol–water partition coefficient (Wildman–Crippen LogP) is 0.323. The van der Waals surface area contributed by atoms with Crippen LogP contribution in [-0.4, -0.2) is 30.6 Å². The van der Waals surface area contributed by atoms with Crippen LogP contribution in [0, 0.1) is 0 Å². The van der Waals surface area contributed by atoms with Crippen LogP contribution in [0.2, 0.25) is 0 Å². The Balaban J connectivity index is 2.39. The maximum absolute atomic E-state index is 10.6. The van der Waals surface area contributed by atoms with Crippen molar-refractivity contribution in [3.63, 3.8) is 0 Å². The van der Waals surface area contributed by atoms with Gasteiger partial charge in [0.2, 0.25) is 0 Å². The lowest BCUT2D eigenvalue weighted by molar-refractivity contribution is -0.168. The van der Waals surface area contributed by atoms with E-state index in [2.05, 4.69) is 20.7 Å². The molecule has 0 spiro atoms. The second-order valence-electron chi connectivity index (χ2n) is 1.68. The van der Waals surface area contributed by atoms with Crippen molar-refractivity contribution in [3.05, 3.63) is 0 Å². The summed E-state index contributed by atoms with van der Waals surface area (Å²) in [5.74, 6) is -0.266. The Hall–Kier alpha value is -0.0900. The molecule has 52 valence electrons. The molecule has 1 unspecified atom stereocenters. The Bertz CT molecular complexity index is 115. The van der Waals surface area contributed by atoms with Gasteiger partial charge in [0.25, 0.3) is 0 Å². The average molecular weight is 195 g/mol. The van der Waals surface area contributed by atoms with Crippen LogP contribution in [0.4, 0.5) is 0 Å². The van der Waals surface area contributed by atoms with E-state index in [0.29, 0.717) is 18.5 Å². The molecule has 9 heavy (non-hydrogen) atoms. The normalized spacial score (nSPS) is 27.7. The van der Waals surface area contributed by atoms with Crippen LogP contribution in [-0.2, 0) is 14.3 Å². The molecule has 1 fully saturated rings. The first kappa shape index (κ1) is 7.02. The van der Waals surface area contributed by atoms with E-state index in [1.54, 1.807) is 0 Å². The lowest BCUT2D eigenvalue weighted by Crippen LogP contribution is -2.35. The molecule has 0 aromatic rings. The first-order valence-corrected chi connectivity index (χ1v) is 3.81. The molecule has 1 atom stereocenters. The van der Waals surface area contributed by atoms with Gasteiger partial charge < -0.3 is 9.47 Å². The number of alkyl halides is 1. The van der Waals surface area contributed by atoms with E-state index in [1.165, 1.54) is 0 Å². The molecule has 1 rings (SSSR count). The monoisotopic (exact) mass is 194 g/mol. The Morgan fingerprint density at radius 2 is 2.44 bits per heavy atom. The van der Waals surface area contributed by atoms with Crippen LogP contribution in [0.5, 0.6) is 0 Å². The maximum Gasteiger partial charge on any atom is 0.336 e. The van der Waals surface area contributed by atoms with Crippen LogP contribution in [0.3, 0.4) is 0 Å². The van der Waals surface area contributed by atoms with Gasteiger partial charge in [0, 0.05) is 5.33 Å². The summed E-state index contributed by atoms with van der Waals surface area (Å²) < 4.78 is 9.71. The lowest BCUT2D eigenvalue weighted by Gasteiger charge is -2.19. The molecule has 0 aliphatic carbocycles. The van der Waals surface area contributed by atoms with E-state index in [0.717, 1.165) is 0 Å². The van der Waals surface area contributed by atoms with Gasteiger partial charge in [0.05, 0.1) is 6.61 Å². The fourth-order valence-electron chi connectivity index (χ4n) is 0.601. The van der Waals surface area contributed by atoms with Crippen LogP contribution < -0.4 is 0 Å². The van der Waals surface area contributed by atoms with Gasteiger partial charge in [-0.25, -0.2) is 4.79 Å². The van der Waals surface area contributed by atoms with E-state index in [-0.39, 0.29) is 5.97 Å². The fraction of sp³-hybridized carbons (Fsp3) is 0.800. The zero-order valence-electron chi connectivity index (χ0n) is 4.80. The largest absolute Gasteiger partial charge is 0.461 e. The highest BCUT2D eigenvalue weighted by Crippen LogP contribution is 2.04. The number of ether oxygens (including phenoxy) is 2. The quantitative estimate of drug-likeness (QED) is 0.446. The predicted molar refractivity (Wildman–Crippen MR) is 34.5 cm³/mol. The first-order chi connectivity index (χ1) is 4.34. The topological polar surface area (TPSA) is 35.5 Å². The minimum Gasteiger partial charge on any atom is -0.461 e. The van der Waals surface area contributed by atoms with Crippen molar-refractivity contribution in [2.75, 3.05) is 18.5 Å². The summed E-state index contributed by atoms with van der Waals surface area (Å²) in [4.78, 5) is 10.6. The molecule has 3 nitrogen and oxygen atoms in total. The summed E-state index contributed by atoms with van der Waals surface area (Å²) in [7, 11) is 0. The van der Waals surface area contributed by atoms with Crippen molar-refractivity contribution in [3.8, 4) is 0 Å². The molecule has 0 saturated carbocycles. The average Bonchev–Trinajstić information content (AvgIpc) is 1.89. The molecule has 1 heterocycles. The molecular weight excluding hydrogens is 188 g/mol. The maximum atomic E-state index is 10.6. The third-order valence-electron chi connectivity index (χ3n) is 1.05. The number of hydrogen-bond donors (Lipinski definition) is 0. The standard InChI is InChI=1S/C5H7BrO3/c6-3-4-5(7)9-2-1-8-4/h4H,1-3H2. The molecule has 0 amide bonds. The van der Waals surface area contributed by atoms with Crippen LogP contribution >= 0.6 is 15.9 Å². The van der Waals surface area contributed by atoms with E-state index < -0.39 is 6.10 Å². The van der Waals surface area contributed by atoms with Gasteiger partial charge in [-0.15, -0.1) is 0 Å². The molecule has 0 aromatic carbocycles. The molecule has 0 aromatic heterocycles. The van der Waals surface area contributed by atoms with Crippen molar-refractivity contribution >= 4 is 21.9 Å². The fourth-order valence-corrected chi connectivity index (χ4v) is 1.05. The highest BCUT2D eigenvalue weighted by atomic mass is 79.9. The summed E-state index contributed by atoms with van der Waals surface area (Å²) in [5.41, 5.74) is 0. The summed E-state index contributed by atoms with van der Waals surface area (Å²) in [6.07, 6.45) is -0.390. The van der Waals surface area contributed by atoms with Crippen molar-refractivity contribution in [1.82, 2.24) is 0 Å². The number of carbonyl (C=O) groups is 1. The van der Waals surface area contributed by atoms with E-state index in [9.17, 15) is 4.79 Å². The minimum absolute atomic E-state index is 0.266. The van der Waals surface area contributed by atoms with Gasteiger partial charge >= 0.3 is 5.97 Å². The second kappa shape index (κ2) is 3.17. The SMILES string of the molecule is O=C1OCCOC1CBr. The molecule has 0 bridgehead atoms. The molecule has 1 aliphatic heterocycles. The van der Waals surface area contributed by atoms with Crippen LogP contribution in [0.1, 0.15) is 0 Å². The molecule has 1 saturated heterocycles. The van der Waals surface area contributed by atoms with Crippen molar-refractivity contribution in [2.45, 2.75) is 6.10 Å². The van der Waals surface area contributed by atoms with Crippen molar-refractivity contribution in [2.24, 2.45) is 0 Å². The second-order valence-corrected chi connectivity index (χ2v) is 2.33. The summed E-state index contributed by atoms with van der Waals surface area (Å²) in [5, 5.41) is 0.520. The highest BCUT2D eigenvalue weighted by Gasteiger charge is 2.22. The zero-order chi connectivity index (χ0) is 6.69. The third-order valence-corrected chi connectivity index (χ3v) is 1.64. The number of esters is 1. The Kier molecular flexibility index (Phi) is 2.48. The minimum atomic E-state index is -0.390. The smallest absolute Gasteiger partial charge is 0.336 e. The van der Waals surface area contributed by atoms with Gasteiger partial charge in [-0.1, -0.05) is 15.9 Å². The molecule has 0 N–H and O–H groups in total. The molecular formula is C5H7BrO3. The van der Waals surface area contributed by atoms with E-state index >= 15 is 0 Å². The van der Waals surface area contributed by atoms with Gasteiger partial charge in [-0.05, 0) is 0 Å². The summed E-state index contributed by atoms with van der Waals surface area (Å²) in [6, 6.07) is 0. The Morgan fingerprint density at radius 3 is 2.89 bits per heavy atom. The van der Waals surface area contributed by atoms with Crippen LogP contribution in [0.25, 0.3) is 0 Å². The Labute approximate surface area is 61.4 Å². The highest BCUT2D eigenvalue weighted by molar-refractivity contribution is 9.09. The number of rotatable bonds is 1. The molecule has 4 heteroatoms. The van der Waals surface area contributed by atoms with Gasteiger partial charge in [-0.2, -0.15) is 0 Å². The van der Waals surface area contributed by atoms with Gasteiger partial charge in [0.1, 0.15) is 6.61 Å². The molecule has 0 radical (unpaired) electrons. The van der Waals surface area contributed by atoms with Crippen molar-refractivity contribution in [1.29, 1.82) is 0 Å². The third kappa shape index (κ3) is 1.66. The van der Waals surface area contributed by atoms with Crippen LogP contribution in [0.15, 0.2) is 0 Å². The lowest BCUT2D eigenvalue weighted by atomic mass is 10.4. The summed E-state index contributed by atoms with van der Waals surface area (Å²) >= 11 is 3.13. The number of halogens is 1. The number of carbonyl (C=O) groups excluding carboxylic acids is 1. The zero-order valence-corrected chi connectivity index (χ0v) is 6.39. The van der Waals surface area contributed by atoms with E-state index in [1.807, 2.05) is 0 Å². The van der Waals surface area contributed by atoms with Gasteiger partial charge in [-0.3, -0.25) is 0 Å². The molecule has 1 aliphatic rings. The summed E-state index contributed by atoms with van der Waals surface area (Å²) in [6.45, 7) is 0.907. The van der Waals surface area contributed by atoms with Crippen molar-refractivity contribution < 1.29 is 14.3 Å². The Morgan fingerprint density at radius 1 is 1.67 bits per heavy atom. The van der Waals surface area contributed by atoms with E-state index in [4.69, 9.17) is 4.74 Å².